The summed E-state index contributed by atoms with van der Waals surface area (Å²) in [6.07, 6.45) is 1.64. The first-order chi connectivity index (χ1) is 13.8. The van der Waals surface area contributed by atoms with Crippen LogP contribution in [0.5, 0.6) is 0 Å². The number of hydrogen-bond acceptors (Lipinski definition) is 6. The Morgan fingerprint density at radius 2 is 1.79 bits per heavy atom. The van der Waals surface area contributed by atoms with Crippen molar-refractivity contribution in [2.75, 3.05) is 22.4 Å². The Morgan fingerprint density at radius 1 is 1.10 bits per heavy atom. The van der Waals surface area contributed by atoms with Gasteiger partial charge in [0.2, 0.25) is 21.1 Å². The molecule has 152 valence electrons. The van der Waals surface area contributed by atoms with Crippen LogP contribution in [0.25, 0.3) is 10.6 Å². The molecule has 1 aromatic heterocycles. The molecule has 3 rings (SSSR count). The van der Waals surface area contributed by atoms with Gasteiger partial charge >= 0.3 is 0 Å². The summed E-state index contributed by atoms with van der Waals surface area (Å²) in [7, 11) is -3.48. The van der Waals surface area contributed by atoms with E-state index in [4.69, 9.17) is 11.6 Å². The number of halogens is 1. The van der Waals surface area contributed by atoms with Gasteiger partial charge < -0.3 is 5.32 Å². The molecular formula is C19H19ClN4O3S2. The third-order valence-electron chi connectivity index (χ3n) is 3.97. The zero-order chi connectivity index (χ0) is 20.9. The van der Waals surface area contributed by atoms with Gasteiger partial charge in [-0.1, -0.05) is 53.3 Å². The van der Waals surface area contributed by atoms with E-state index in [1.165, 1.54) is 15.6 Å². The van der Waals surface area contributed by atoms with Gasteiger partial charge in [-0.3, -0.25) is 9.10 Å². The smallest absolute Gasteiger partial charge is 0.232 e. The number of benzene rings is 2. The van der Waals surface area contributed by atoms with Gasteiger partial charge in [-0.2, -0.15) is 0 Å². The molecule has 2 aromatic carbocycles. The highest BCUT2D eigenvalue weighted by Gasteiger charge is 2.18. The third kappa shape index (κ3) is 5.99. The average molecular weight is 451 g/mol. The quantitative estimate of drug-likeness (QED) is 0.559. The summed E-state index contributed by atoms with van der Waals surface area (Å²) in [4.78, 5) is 12.2. The van der Waals surface area contributed by atoms with Crippen molar-refractivity contribution in [3.05, 3.63) is 59.6 Å². The minimum absolute atomic E-state index is 0.153. The lowest BCUT2D eigenvalue weighted by Crippen LogP contribution is -2.31. The van der Waals surface area contributed by atoms with E-state index >= 15 is 0 Å². The number of nitrogens with zero attached hydrogens (tertiary/aromatic N) is 3. The van der Waals surface area contributed by atoms with Gasteiger partial charge in [-0.25, -0.2) is 8.42 Å². The second-order valence-corrected chi connectivity index (χ2v) is 9.56. The molecule has 1 N–H and O–H groups in total. The predicted octanol–water partition coefficient (Wildman–Crippen LogP) is 4.04. The molecule has 3 aromatic rings. The second kappa shape index (κ2) is 9.34. The molecule has 0 fully saturated rings. The van der Waals surface area contributed by atoms with E-state index in [-0.39, 0.29) is 18.9 Å². The van der Waals surface area contributed by atoms with Crippen LogP contribution in [0.4, 0.5) is 10.8 Å². The molecule has 0 aliphatic rings. The first-order valence-corrected chi connectivity index (χ1v) is 11.8. The number of amides is 1. The van der Waals surface area contributed by atoms with Crippen molar-refractivity contribution < 1.29 is 13.2 Å². The average Bonchev–Trinajstić information content (AvgIpc) is 3.14. The summed E-state index contributed by atoms with van der Waals surface area (Å²) < 4.78 is 25.5. The summed E-state index contributed by atoms with van der Waals surface area (Å²) in [5.74, 6) is -0.245. The van der Waals surface area contributed by atoms with Crippen LogP contribution >= 0.6 is 22.9 Å². The van der Waals surface area contributed by atoms with Gasteiger partial charge in [0.25, 0.3) is 0 Å². The van der Waals surface area contributed by atoms with Crippen LogP contribution in [0.1, 0.15) is 12.8 Å². The number of aromatic nitrogens is 2. The molecule has 7 nitrogen and oxygen atoms in total. The molecule has 0 saturated heterocycles. The van der Waals surface area contributed by atoms with Crippen molar-refractivity contribution in [1.29, 1.82) is 0 Å². The van der Waals surface area contributed by atoms with Crippen molar-refractivity contribution in [3.8, 4) is 10.6 Å². The van der Waals surface area contributed by atoms with Crippen LogP contribution in [0.15, 0.2) is 54.6 Å². The number of nitrogens with one attached hydrogen (secondary N) is 1. The van der Waals surface area contributed by atoms with Gasteiger partial charge in [0.05, 0.1) is 11.9 Å². The van der Waals surface area contributed by atoms with Crippen molar-refractivity contribution in [2.24, 2.45) is 0 Å². The van der Waals surface area contributed by atoms with E-state index in [1.54, 1.807) is 24.3 Å². The third-order valence-corrected chi connectivity index (χ3v) is 6.31. The Balaban J connectivity index is 1.56. The van der Waals surface area contributed by atoms with Crippen LogP contribution in [0.3, 0.4) is 0 Å². The Hall–Kier alpha value is -2.49. The number of sulfonamides is 1. The molecule has 0 aliphatic carbocycles. The maximum atomic E-state index is 12.2. The minimum atomic E-state index is -3.48. The number of rotatable bonds is 8. The van der Waals surface area contributed by atoms with Crippen LogP contribution in [0, 0.1) is 0 Å². The van der Waals surface area contributed by atoms with E-state index in [0.29, 0.717) is 27.3 Å². The van der Waals surface area contributed by atoms with Crippen LogP contribution in [0.2, 0.25) is 5.02 Å². The van der Waals surface area contributed by atoms with Gasteiger partial charge in [0.1, 0.15) is 5.01 Å². The van der Waals surface area contributed by atoms with E-state index in [0.717, 1.165) is 11.8 Å². The normalized spacial score (nSPS) is 11.2. The van der Waals surface area contributed by atoms with Gasteiger partial charge in [0, 0.05) is 23.6 Å². The van der Waals surface area contributed by atoms with Crippen molar-refractivity contribution in [3.63, 3.8) is 0 Å². The second-order valence-electron chi connectivity index (χ2n) is 6.24. The summed E-state index contributed by atoms with van der Waals surface area (Å²) in [5, 5.41) is 12.4. The summed E-state index contributed by atoms with van der Waals surface area (Å²) in [6, 6.07) is 16.1. The molecule has 10 heteroatoms. The zero-order valence-corrected chi connectivity index (χ0v) is 18.0. The molecular weight excluding hydrogens is 432 g/mol. The van der Waals surface area contributed by atoms with Crippen LogP contribution < -0.4 is 9.62 Å². The number of carbonyl (C=O) groups excluding carboxylic acids is 1. The fourth-order valence-corrected chi connectivity index (χ4v) is 4.49. The lowest BCUT2D eigenvalue weighted by Gasteiger charge is -2.22. The molecule has 1 heterocycles. The first kappa shape index (κ1) is 21.2. The summed E-state index contributed by atoms with van der Waals surface area (Å²) in [6.45, 7) is 0.180. The van der Waals surface area contributed by atoms with Crippen molar-refractivity contribution >= 4 is 49.7 Å². The molecule has 0 unspecified atom stereocenters. The maximum absolute atomic E-state index is 12.2. The van der Waals surface area contributed by atoms with Gasteiger partial charge in [0.15, 0.2) is 0 Å². The highest BCUT2D eigenvalue weighted by Crippen LogP contribution is 2.26. The molecule has 1 amide bonds. The largest absolute Gasteiger partial charge is 0.301 e. The Kier molecular flexibility index (Phi) is 6.83. The highest BCUT2D eigenvalue weighted by atomic mass is 35.5. The lowest BCUT2D eigenvalue weighted by atomic mass is 10.2. The monoisotopic (exact) mass is 450 g/mol. The molecule has 0 spiro atoms. The van der Waals surface area contributed by atoms with E-state index in [1.807, 2.05) is 30.3 Å². The summed E-state index contributed by atoms with van der Waals surface area (Å²) >= 11 is 7.15. The molecule has 0 atom stereocenters. The Labute approximate surface area is 178 Å². The fourth-order valence-electron chi connectivity index (χ4n) is 2.63. The minimum Gasteiger partial charge on any atom is -0.301 e. The predicted molar refractivity (Wildman–Crippen MR) is 117 cm³/mol. The van der Waals surface area contributed by atoms with Crippen LogP contribution in [-0.4, -0.2) is 37.3 Å². The Morgan fingerprint density at radius 3 is 2.45 bits per heavy atom. The Bertz CT molecular complexity index is 1070. The summed E-state index contributed by atoms with van der Waals surface area (Å²) in [5.41, 5.74) is 1.44. The van der Waals surface area contributed by atoms with Crippen molar-refractivity contribution in [2.45, 2.75) is 12.8 Å². The molecule has 0 saturated carbocycles. The number of hydrogen-bond donors (Lipinski definition) is 1. The standard InChI is InChI=1S/C19H19ClN4O3S2/c1-29(26,27)24(16-11-9-15(20)10-12-16)13-5-8-17(25)21-19-23-22-18(28-19)14-6-3-2-4-7-14/h2-4,6-7,9-12H,5,8,13H2,1H3,(H,21,23,25). The van der Waals surface area contributed by atoms with Gasteiger partial charge in [-0.15, -0.1) is 10.2 Å². The number of carbonyl (C=O) groups is 1. The van der Waals surface area contributed by atoms with Crippen molar-refractivity contribution in [1.82, 2.24) is 10.2 Å². The number of anilines is 2. The van der Waals surface area contributed by atoms with Crippen LogP contribution in [-0.2, 0) is 14.8 Å². The zero-order valence-electron chi connectivity index (χ0n) is 15.6. The fraction of sp³-hybridized carbons (Fsp3) is 0.211. The first-order valence-electron chi connectivity index (χ1n) is 8.75. The van der Waals surface area contributed by atoms with E-state index in [2.05, 4.69) is 15.5 Å². The lowest BCUT2D eigenvalue weighted by molar-refractivity contribution is -0.116. The molecule has 29 heavy (non-hydrogen) atoms. The molecule has 0 bridgehead atoms. The van der Waals surface area contributed by atoms with E-state index in [9.17, 15) is 13.2 Å². The highest BCUT2D eigenvalue weighted by molar-refractivity contribution is 7.92. The topological polar surface area (TPSA) is 92.3 Å². The van der Waals surface area contributed by atoms with E-state index < -0.39 is 10.0 Å². The van der Waals surface area contributed by atoms with Gasteiger partial charge in [-0.05, 0) is 30.7 Å². The molecule has 0 aliphatic heterocycles. The molecule has 0 radical (unpaired) electrons. The maximum Gasteiger partial charge on any atom is 0.232 e. The SMILES string of the molecule is CS(=O)(=O)N(CCCC(=O)Nc1nnc(-c2ccccc2)s1)c1ccc(Cl)cc1.